The maximum atomic E-state index is 12.6. The van der Waals surface area contributed by atoms with Gasteiger partial charge in [-0.3, -0.25) is 4.79 Å². The number of hydrogen-bond donors (Lipinski definition) is 1. The third-order valence-electron chi connectivity index (χ3n) is 4.03. The van der Waals surface area contributed by atoms with Crippen LogP contribution >= 0.6 is 11.8 Å². The number of carbonyl (C=O) groups is 1. The summed E-state index contributed by atoms with van der Waals surface area (Å²) in [6.07, 6.45) is 0. The first-order valence-corrected chi connectivity index (χ1v) is 9.48. The Morgan fingerprint density at radius 2 is 1.67 bits per heavy atom. The van der Waals surface area contributed by atoms with Gasteiger partial charge in [0.25, 0.3) is 5.91 Å². The fraction of sp³-hybridized carbons (Fsp3) is 0.136. The van der Waals surface area contributed by atoms with Crippen LogP contribution in [0.1, 0.15) is 15.9 Å². The van der Waals surface area contributed by atoms with Gasteiger partial charge in [0.2, 0.25) is 0 Å². The molecule has 3 aromatic rings. The molecule has 0 spiro atoms. The minimum absolute atomic E-state index is 0.159. The average Bonchev–Trinajstić information content (AvgIpc) is 2.73. The van der Waals surface area contributed by atoms with Crippen molar-refractivity contribution in [3.63, 3.8) is 0 Å². The molecule has 0 fully saturated rings. The molecule has 27 heavy (non-hydrogen) atoms. The zero-order valence-corrected chi connectivity index (χ0v) is 16.1. The van der Waals surface area contributed by atoms with E-state index < -0.39 is 0 Å². The lowest BCUT2D eigenvalue weighted by atomic mass is 10.1. The van der Waals surface area contributed by atoms with E-state index in [-0.39, 0.29) is 5.91 Å². The number of carbonyl (C=O) groups excluding carboxylic acids is 1. The quantitative estimate of drug-likeness (QED) is 0.570. The van der Waals surface area contributed by atoms with E-state index in [2.05, 4.69) is 17.4 Å². The number of anilines is 1. The summed E-state index contributed by atoms with van der Waals surface area (Å²) >= 11 is 1.71. The lowest BCUT2D eigenvalue weighted by Gasteiger charge is -2.11. The van der Waals surface area contributed by atoms with Crippen molar-refractivity contribution in [2.24, 2.45) is 0 Å². The number of amides is 1. The summed E-state index contributed by atoms with van der Waals surface area (Å²) < 4.78 is 10.6. The van der Waals surface area contributed by atoms with E-state index in [4.69, 9.17) is 9.47 Å². The molecule has 0 saturated heterocycles. The Morgan fingerprint density at radius 3 is 2.33 bits per heavy atom. The molecule has 0 aromatic heterocycles. The molecule has 0 aliphatic carbocycles. The Morgan fingerprint density at radius 1 is 0.926 bits per heavy atom. The van der Waals surface area contributed by atoms with Crippen molar-refractivity contribution >= 4 is 23.4 Å². The Kier molecular flexibility index (Phi) is 6.39. The van der Waals surface area contributed by atoms with E-state index >= 15 is 0 Å². The van der Waals surface area contributed by atoms with Crippen molar-refractivity contribution in [1.29, 1.82) is 0 Å². The SMILES string of the molecule is COc1ccc(NC(=O)c2ccc(OC)c(CSc3ccccc3)c2)cc1. The number of methoxy groups -OCH3 is 2. The van der Waals surface area contributed by atoms with Crippen LogP contribution in [0.3, 0.4) is 0 Å². The molecule has 3 aromatic carbocycles. The molecule has 1 amide bonds. The largest absolute Gasteiger partial charge is 0.497 e. The number of hydrogen-bond acceptors (Lipinski definition) is 4. The van der Waals surface area contributed by atoms with Gasteiger partial charge < -0.3 is 14.8 Å². The highest BCUT2D eigenvalue weighted by Gasteiger charge is 2.11. The van der Waals surface area contributed by atoms with Crippen LogP contribution in [0.25, 0.3) is 0 Å². The highest BCUT2D eigenvalue weighted by atomic mass is 32.2. The van der Waals surface area contributed by atoms with Crippen molar-refractivity contribution in [2.45, 2.75) is 10.6 Å². The van der Waals surface area contributed by atoms with Crippen LogP contribution in [0.15, 0.2) is 77.7 Å². The Bertz CT molecular complexity index is 895. The second kappa shape index (κ2) is 9.14. The third-order valence-corrected chi connectivity index (χ3v) is 5.09. The van der Waals surface area contributed by atoms with Gasteiger partial charge in [-0.2, -0.15) is 0 Å². The van der Waals surface area contributed by atoms with E-state index in [1.54, 1.807) is 32.0 Å². The minimum atomic E-state index is -0.159. The van der Waals surface area contributed by atoms with Gasteiger partial charge in [0, 0.05) is 27.5 Å². The lowest BCUT2D eigenvalue weighted by molar-refractivity contribution is 0.102. The highest BCUT2D eigenvalue weighted by molar-refractivity contribution is 7.98. The van der Waals surface area contributed by atoms with E-state index in [1.807, 2.05) is 54.6 Å². The highest BCUT2D eigenvalue weighted by Crippen LogP contribution is 2.29. The van der Waals surface area contributed by atoms with E-state index in [0.717, 1.165) is 28.5 Å². The molecule has 0 aliphatic heterocycles. The van der Waals surface area contributed by atoms with Crippen LogP contribution in [0.4, 0.5) is 5.69 Å². The molecule has 3 rings (SSSR count). The van der Waals surface area contributed by atoms with Gasteiger partial charge >= 0.3 is 0 Å². The number of thioether (sulfide) groups is 1. The topological polar surface area (TPSA) is 47.6 Å². The second-order valence-corrected chi connectivity index (χ2v) is 6.86. The summed E-state index contributed by atoms with van der Waals surface area (Å²) in [7, 11) is 3.25. The molecule has 1 N–H and O–H groups in total. The first-order chi connectivity index (χ1) is 13.2. The fourth-order valence-corrected chi connectivity index (χ4v) is 3.49. The molecule has 0 unspecified atom stereocenters. The van der Waals surface area contributed by atoms with Crippen molar-refractivity contribution in [3.8, 4) is 11.5 Å². The number of rotatable bonds is 7. The maximum absolute atomic E-state index is 12.6. The molecule has 0 heterocycles. The molecule has 5 heteroatoms. The molecule has 0 atom stereocenters. The maximum Gasteiger partial charge on any atom is 0.255 e. The van der Waals surface area contributed by atoms with Gasteiger partial charge in [-0.05, 0) is 54.6 Å². The first-order valence-electron chi connectivity index (χ1n) is 8.50. The summed E-state index contributed by atoms with van der Waals surface area (Å²) in [5.74, 6) is 2.09. The zero-order chi connectivity index (χ0) is 19.1. The molecule has 0 radical (unpaired) electrons. The fourth-order valence-electron chi connectivity index (χ4n) is 2.59. The van der Waals surface area contributed by atoms with Gasteiger partial charge in [0.05, 0.1) is 14.2 Å². The van der Waals surface area contributed by atoms with Crippen molar-refractivity contribution in [3.05, 3.63) is 83.9 Å². The number of benzene rings is 3. The first kappa shape index (κ1) is 18.9. The number of ether oxygens (including phenoxy) is 2. The lowest BCUT2D eigenvalue weighted by Crippen LogP contribution is -2.12. The third kappa shape index (κ3) is 5.05. The van der Waals surface area contributed by atoms with Gasteiger partial charge in [0.15, 0.2) is 0 Å². The van der Waals surface area contributed by atoms with Crippen molar-refractivity contribution < 1.29 is 14.3 Å². The summed E-state index contributed by atoms with van der Waals surface area (Å²) in [5.41, 5.74) is 2.29. The summed E-state index contributed by atoms with van der Waals surface area (Å²) in [6, 6.07) is 22.9. The molecule has 0 saturated carbocycles. The van der Waals surface area contributed by atoms with Crippen LogP contribution in [0.5, 0.6) is 11.5 Å². The van der Waals surface area contributed by atoms with Crippen LogP contribution < -0.4 is 14.8 Å². The smallest absolute Gasteiger partial charge is 0.255 e. The molecular weight excluding hydrogens is 358 g/mol. The van der Waals surface area contributed by atoms with Crippen LogP contribution in [-0.4, -0.2) is 20.1 Å². The standard InChI is InChI=1S/C22H21NO3S/c1-25-19-11-9-18(10-12-19)23-22(24)16-8-13-21(26-2)17(14-16)15-27-20-6-4-3-5-7-20/h3-14H,15H2,1-2H3,(H,23,24). The summed E-state index contributed by atoms with van der Waals surface area (Å²) in [4.78, 5) is 13.8. The van der Waals surface area contributed by atoms with Crippen LogP contribution in [0, 0.1) is 0 Å². The predicted octanol–water partition coefficient (Wildman–Crippen LogP) is 5.25. The van der Waals surface area contributed by atoms with Crippen molar-refractivity contribution in [1.82, 2.24) is 0 Å². The average molecular weight is 379 g/mol. The summed E-state index contributed by atoms with van der Waals surface area (Å²) in [6.45, 7) is 0. The Balaban J connectivity index is 1.73. The van der Waals surface area contributed by atoms with E-state index in [1.165, 1.54) is 4.90 Å². The molecule has 4 nitrogen and oxygen atoms in total. The Hall–Kier alpha value is -2.92. The monoisotopic (exact) mass is 379 g/mol. The van der Waals surface area contributed by atoms with Gasteiger partial charge in [-0.25, -0.2) is 0 Å². The molecular formula is C22H21NO3S. The summed E-state index contributed by atoms with van der Waals surface area (Å²) in [5, 5.41) is 2.91. The normalized spacial score (nSPS) is 10.3. The molecule has 0 aliphatic rings. The van der Waals surface area contributed by atoms with E-state index in [9.17, 15) is 4.79 Å². The zero-order valence-electron chi connectivity index (χ0n) is 15.3. The van der Waals surface area contributed by atoms with E-state index in [0.29, 0.717) is 5.56 Å². The van der Waals surface area contributed by atoms with Crippen LogP contribution in [0.2, 0.25) is 0 Å². The van der Waals surface area contributed by atoms with Crippen molar-refractivity contribution in [2.75, 3.05) is 19.5 Å². The van der Waals surface area contributed by atoms with Gasteiger partial charge in [-0.1, -0.05) is 18.2 Å². The molecule has 138 valence electrons. The van der Waals surface area contributed by atoms with Gasteiger partial charge in [-0.15, -0.1) is 11.8 Å². The van der Waals surface area contributed by atoms with Crippen LogP contribution in [-0.2, 0) is 5.75 Å². The van der Waals surface area contributed by atoms with Gasteiger partial charge in [0.1, 0.15) is 11.5 Å². The second-order valence-electron chi connectivity index (χ2n) is 5.81. The molecule has 0 bridgehead atoms. The minimum Gasteiger partial charge on any atom is -0.497 e. The number of nitrogens with one attached hydrogen (secondary N) is 1. The predicted molar refractivity (Wildman–Crippen MR) is 110 cm³/mol. The Labute approximate surface area is 163 Å².